The van der Waals surface area contributed by atoms with Gasteiger partial charge in [-0.1, -0.05) is 27.5 Å². The van der Waals surface area contributed by atoms with E-state index in [2.05, 4.69) is 26.0 Å². The number of amides is 3. The number of nitro benzene ring substituents is 1. The van der Waals surface area contributed by atoms with Crippen molar-refractivity contribution in [2.24, 2.45) is 0 Å². The van der Waals surface area contributed by atoms with Gasteiger partial charge in [0.15, 0.2) is 0 Å². The van der Waals surface area contributed by atoms with Crippen molar-refractivity contribution in [3.63, 3.8) is 0 Å². The Morgan fingerprint density at radius 1 is 1.12 bits per heavy atom. The number of methoxy groups -OCH3 is 1. The van der Waals surface area contributed by atoms with Crippen molar-refractivity contribution in [3.8, 4) is 5.75 Å². The number of nitrogens with one attached hydrogen (secondary N) is 1. The summed E-state index contributed by atoms with van der Waals surface area (Å²) < 4.78 is 11.2. The molecule has 0 bridgehead atoms. The molecule has 4 rings (SSSR count). The van der Waals surface area contributed by atoms with Gasteiger partial charge in [0.2, 0.25) is 5.91 Å². The lowest BCUT2D eigenvalue weighted by molar-refractivity contribution is -0.384. The molecule has 0 aliphatic carbocycles. The number of halogens is 2. The number of imide groups is 1. The fourth-order valence-corrected chi connectivity index (χ4v) is 5.03. The summed E-state index contributed by atoms with van der Waals surface area (Å²) in [4.78, 5) is 61.4. The average Bonchev–Trinajstić information content (AvgIpc) is 3.20. The Hall–Kier alpha value is -4.20. The van der Waals surface area contributed by atoms with Crippen molar-refractivity contribution in [3.05, 3.63) is 102 Å². The van der Waals surface area contributed by atoms with Gasteiger partial charge in [0.05, 0.1) is 27.5 Å². The number of hydrogen-bond acceptors (Lipinski definition) is 9. The van der Waals surface area contributed by atoms with Crippen molar-refractivity contribution in [1.82, 2.24) is 4.90 Å². The Morgan fingerprint density at radius 3 is 2.54 bits per heavy atom. The molecule has 1 N–H and O–H groups in total. The van der Waals surface area contributed by atoms with Crippen molar-refractivity contribution in [2.75, 3.05) is 19.0 Å². The van der Waals surface area contributed by atoms with E-state index in [-0.39, 0.29) is 33.5 Å². The van der Waals surface area contributed by atoms with Gasteiger partial charge in [0.1, 0.15) is 18.9 Å². The number of esters is 1. The molecule has 3 aromatic rings. The molecule has 0 spiro atoms. The van der Waals surface area contributed by atoms with Crippen LogP contribution in [0.2, 0.25) is 5.02 Å². The van der Waals surface area contributed by atoms with Crippen molar-refractivity contribution < 1.29 is 33.6 Å². The highest BCUT2D eigenvalue weighted by molar-refractivity contribution is 9.10. The summed E-state index contributed by atoms with van der Waals surface area (Å²) in [7, 11) is 1.19. The first-order valence-electron chi connectivity index (χ1n) is 11.6. The molecule has 3 amide bonds. The van der Waals surface area contributed by atoms with Crippen LogP contribution < -0.4 is 10.1 Å². The first kappa shape index (κ1) is 29.8. The molecule has 1 aliphatic rings. The van der Waals surface area contributed by atoms with E-state index in [9.17, 15) is 29.3 Å². The molecule has 210 valence electrons. The molecule has 11 nitrogen and oxygen atoms in total. The second kappa shape index (κ2) is 13.0. The molecule has 1 aliphatic heterocycles. The third-order valence-corrected chi connectivity index (χ3v) is 7.36. The van der Waals surface area contributed by atoms with Gasteiger partial charge in [0.25, 0.3) is 16.8 Å². The normalized spacial score (nSPS) is 13.8. The summed E-state index contributed by atoms with van der Waals surface area (Å²) in [5, 5.41) is 12.9. The number of nitrogens with zero attached hydrogens (tertiary/aromatic N) is 2. The van der Waals surface area contributed by atoms with Crippen molar-refractivity contribution in [2.45, 2.75) is 6.61 Å². The molecule has 0 saturated carbocycles. The summed E-state index contributed by atoms with van der Waals surface area (Å²) >= 11 is 10.1. The first-order chi connectivity index (χ1) is 19.5. The summed E-state index contributed by atoms with van der Waals surface area (Å²) in [5.41, 5.74) is 1.41. The molecule has 1 saturated heterocycles. The Morgan fingerprint density at radius 2 is 1.85 bits per heavy atom. The van der Waals surface area contributed by atoms with Gasteiger partial charge in [-0.2, -0.15) is 0 Å². The number of anilines is 1. The number of non-ortho nitro benzene ring substituents is 1. The minimum Gasteiger partial charge on any atom is -0.488 e. The molecule has 14 heteroatoms. The van der Waals surface area contributed by atoms with E-state index < -0.39 is 34.5 Å². The highest BCUT2D eigenvalue weighted by Gasteiger charge is 2.36. The van der Waals surface area contributed by atoms with Crippen LogP contribution >= 0.6 is 39.3 Å². The smallest absolute Gasteiger partial charge is 0.339 e. The number of thioether (sulfide) groups is 1. The zero-order valence-corrected chi connectivity index (χ0v) is 24.2. The number of benzene rings is 3. The van der Waals surface area contributed by atoms with Gasteiger partial charge in [-0.15, -0.1) is 0 Å². The molecule has 0 aromatic heterocycles. The molecule has 3 aromatic carbocycles. The number of carbonyl (C=O) groups excluding carboxylic acids is 4. The Balaban J connectivity index is 1.46. The van der Waals surface area contributed by atoms with Gasteiger partial charge in [-0.3, -0.25) is 29.4 Å². The van der Waals surface area contributed by atoms with Crippen molar-refractivity contribution in [1.29, 1.82) is 0 Å². The SMILES string of the molecule is COC(=O)c1cc(NC(=O)CN2C(=O)S/C(=C\c3cc(Br)ccc3OCc3ccc([N+](=O)[O-])cc3)C2=O)ccc1Cl. The van der Waals surface area contributed by atoms with Crippen LogP contribution in [-0.2, 0) is 20.9 Å². The summed E-state index contributed by atoms with van der Waals surface area (Å²) in [5.74, 6) is -1.62. The average molecular weight is 661 g/mol. The molecule has 1 fully saturated rings. The molecular weight excluding hydrogens is 642 g/mol. The monoisotopic (exact) mass is 659 g/mol. The summed E-state index contributed by atoms with van der Waals surface area (Å²) in [6.45, 7) is -0.454. The Kier molecular flexibility index (Phi) is 9.42. The lowest BCUT2D eigenvalue weighted by atomic mass is 10.1. The van der Waals surface area contributed by atoms with Crippen molar-refractivity contribution >= 4 is 79.8 Å². The Bertz CT molecular complexity index is 1600. The van der Waals surface area contributed by atoms with E-state index in [1.807, 2.05) is 0 Å². The van der Waals surface area contributed by atoms with Crippen LogP contribution in [0.25, 0.3) is 6.08 Å². The molecule has 0 radical (unpaired) electrons. The van der Waals surface area contributed by atoms with E-state index in [1.165, 1.54) is 43.5 Å². The van der Waals surface area contributed by atoms with Crippen LogP contribution in [0.4, 0.5) is 16.2 Å². The van der Waals surface area contributed by atoms with E-state index in [0.717, 1.165) is 4.90 Å². The van der Waals surface area contributed by atoms with Crippen LogP contribution in [0.1, 0.15) is 21.5 Å². The number of rotatable bonds is 9. The molecule has 1 heterocycles. The highest BCUT2D eigenvalue weighted by Crippen LogP contribution is 2.35. The molecule has 41 heavy (non-hydrogen) atoms. The third kappa shape index (κ3) is 7.31. The van der Waals surface area contributed by atoms with E-state index in [4.69, 9.17) is 16.3 Å². The maximum Gasteiger partial charge on any atom is 0.339 e. The van der Waals surface area contributed by atoms with Gasteiger partial charge >= 0.3 is 5.97 Å². The van der Waals surface area contributed by atoms with E-state index in [0.29, 0.717) is 33.1 Å². The molecule has 0 unspecified atom stereocenters. The summed E-state index contributed by atoms with van der Waals surface area (Å²) in [6, 6.07) is 15.2. The number of nitro groups is 1. The van der Waals surface area contributed by atoms with Crippen LogP contribution in [0.3, 0.4) is 0 Å². The number of hydrogen-bond donors (Lipinski definition) is 1. The molecule has 0 atom stereocenters. The van der Waals surface area contributed by atoms with E-state index in [1.54, 1.807) is 30.3 Å². The third-order valence-electron chi connectivity index (χ3n) is 5.63. The van der Waals surface area contributed by atoms with Gasteiger partial charge < -0.3 is 14.8 Å². The fraction of sp³-hybridized carbons (Fsp3) is 0.111. The van der Waals surface area contributed by atoms with Crippen LogP contribution in [0.15, 0.2) is 70.0 Å². The predicted octanol–water partition coefficient (Wildman–Crippen LogP) is 6.05. The maximum absolute atomic E-state index is 13.0. The minimum absolute atomic E-state index is 0.0402. The zero-order valence-electron chi connectivity index (χ0n) is 21.1. The van der Waals surface area contributed by atoms with E-state index >= 15 is 0 Å². The lowest BCUT2D eigenvalue weighted by Gasteiger charge is -2.13. The largest absolute Gasteiger partial charge is 0.488 e. The fourth-order valence-electron chi connectivity index (χ4n) is 3.63. The second-order valence-corrected chi connectivity index (χ2v) is 10.7. The number of carbonyl (C=O) groups is 4. The van der Waals surface area contributed by atoms with Gasteiger partial charge in [0, 0.05) is 27.9 Å². The second-order valence-electron chi connectivity index (χ2n) is 8.40. The quantitative estimate of drug-likeness (QED) is 0.125. The van der Waals surface area contributed by atoms with Crippen LogP contribution in [-0.4, -0.2) is 46.5 Å². The first-order valence-corrected chi connectivity index (χ1v) is 13.6. The summed E-state index contributed by atoms with van der Waals surface area (Å²) in [6.07, 6.45) is 1.49. The minimum atomic E-state index is -0.689. The topological polar surface area (TPSA) is 145 Å². The standard InChI is InChI=1S/C27H19BrClN3O8S/c1-39-26(35)20-12-18(5-8-21(20)29)30-24(33)13-31-25(34)23(41-27(31)36)11-16-10-17(28)4-9-22(16)40-14-15-2-6-19(7-3-15)32(37)38/h2-12H,13-14H2,1H3,(H,30,33)/b23-11-. The Labute approximate surface area is 250 Å². The van der Waals surface area contributed by atoms with Crippen LogP contribution in [0.5, 0.6) is 5.75 Å². The predicted molar refractivity (Wildman–Crippen MR) is 156 cm³/mol. The van der Waals surface area contributed by atoms with Gasteiger partial charge in [-0.25, -0.2) is 4.79 Å². The van der Waals surface area contributed by atoms with Gasteiger partial charge in [-0.05, 0) is 71.9 Å². The number of ether oxygens (including phenoxy) is 2. The zero-order chi connectivity index (χ0) is 29.7. The highest BCUT2D eigenvalue weighted by atomic mass is 79.9. The van der Waals surface area contributed by atoms with Crippen LogP contribution in [0, 0.1) is 10.1 Å². The lowest BCUT2D eigenvalue weighted by Crippen LogP contribution is -2.36. The maximum atomic E-state index is 13.0. The molecular formula is C27H19BrClN3O8S.